The van der Waals surface area contributed by atoms with Gasteiger partial charge in [0.05, 0.1) is 0 Å². The Bertz CT molecular complexity index is 339. The fraction of sp³-hybridized carbons (Fsp3) is 0.625. The Balaban J connectivity index is 1.80. The molecule has 1 atom stereocenters. The van der Waals surface area contributed by atoms with Crippen LogP contribution >= 0.6 is 0 Å². The summed E-state index contributed by atoms with van der Waals surface area (Å²) in [5.74, 6) is 0.671. The molecule has 0 heterocycles. The van der Waals surface area contributed by atoms with Crippen molar-refractivity contribution in [3.05, 3.63) is 35.6 Å². The van der Waals surface area contributed by atoms with Gasteiger partial charge in [0, 0.05) is 6.04 Å². The number of nitrogens with one attached hydrogen (secondary N) is 1. The van der Waals surface area contributed by atoms with Crippen LogP contribution < -0.4 is 5.32 Å². The molecule has 0 aliphatic heterocycles. The molecule has 100 valence electrons. The van der Waals surface area contributed by atoms with E-state index in [1.54, 1.807) is 12.1 Å². The highest BCUT2D eigenvalue weighted by atomic mass is 19.1. The van der Waals surface area contributed by atoms with Crippen LogP contribution in [-0.2, 0) is 0 Å². The average molecular weight is 249 g/mol. The Kier molecular flexibility index (Phi) is 5.18. The number of benzene rings is 1. The van der Waals surface area contributed by atoms with Gasteiger partial charge in [-0.15, -0.1) is 0 Å². The SMILES string of the molecule is C[C@H](NCC1CCCCCC1)c1ccc(F)cc1. The van der Waals surface area contributed by atoms with E-state index < -0.39 is 0 Å². The molecule has 1 aromatic rings. The third kappa shape index (κ3) is 4.09. The van der Waals surface area contributed by atoms with Crippen molar-refractivity contribution in [2.24, 2.45) is 5.92 Å². The maximum Gasteiger partial charge on any atom is 0.123 e. The Labute approximate surface area is 110 Å². The first-order valence-corrected chi connectivity index (χ1v) is 7.24. The van der Waals surface area contributed by atoms with Crippen molar-refractivity contribution >= 4 is 0 Å². The van der Waals surface area contributed by atoms with Crippen molar-refractivity contribution in [1.82, 2.24) is 5.32 Å². The third-order valence-electron chi connectivity index (χ3n) is 4.06. The minimum Gasteiger partial charge on any atom is -0.310 e. The van der Waals surface area contributed by atoms with E-state index in [1.165, 1.54) is 44.1 Å². The largest absolute Gasteiger partial charge is 0.310 e. The van der Waals surface area contributed by atoms with E-state index in [0.29, 0.717) is 6.04 Å². The lowest BCUT2D eigenvalue weighted by molar-refractivity contribution is 0.403. The van der Waals surface area contributed by atoms with Crippen LogP contribution in [0.25, 0.3) is 0 Å². The second kappa shape index (κ2) is 6.89. The molecule has 2 rings (SSSR count). The van der Waals surface area contributed by atoms with Gasteiger partial charge >= 0.3 is 0 Å². The van der Waals surface area contributed by atoms with Crippen LogP contribution in [0.15, 0.2) is 24.3 Å². The summed E-state index contributed by atoms with van der Waals surface area (Å²) in [5.41, 5.74) is 1.17. The zero-order valence-corrected chi connectivity index (χ0v) is 11.3. The number of halogens is 1. The molecular formula is C16H24FN. The lowest BCUT2D eigenvalue weighted by Gasteiger charge is -2.19. The summed E-state index contributed by atoms with van der Waals surface area (Å²) in [6.07, 6.45) is 8.31. The smallest absolute Gasteiger partial charge is 0.123 e. The lowest BCUT2D eigenvalue weighted by Crippen LogP contribution is -2.25. The molecule has 1 nitrogen and oxygen atoms in total. The second-order valence-electron chi connectivity index (χ2n) is 5.54. The molecule has 1 fully saturated rings. The van der Waals surface area contributed by atoms with Crippen molar-refractivity contribution in [1.29, 1.82) is 0 Å². The first kappa shape index (κ1) is 13.5. The van der Waals surface area contributed by atoms with E-state index in [2.05, 4.69) is 12.2 Å². The van der Waals surface area contributed by atoms with Gasteiger partial charge in [0.2, 0.25) is 0 Å². The van der Waals surface area contributed by atoms with Crippen molar-refractivity contribution < 1.29 is 4.39 Å². The van der Waals surface area contributed by atoms with Gasteiger partial charge in [0.25, 0.3) is 0 Å². The minimum atomic E-state index is -0.158. The van der Waals surface area contributed by atoms with E-state index in [-0.39, 0.29) is 5.82 Å². The highest BCUT2D eigenvalue weighted by Crippen LogP contribution is 2.23. The molecule has 0 unspecified atom stereocenters. The molecule has 0 aromatic heterocycles. The minimum absolute atomic E-state index is 0.158. The summed E-state index contributed by atoms with van der Waals surface area (Å²) in [7, 11) is 0. The maximum atomic E-state index is 12.9. The molecule has 1 saturated carbocycles. The molecule has 0 amide bonds. The standard InChI is InChI=1S/C16H24FN/c1-13(15-8-10-16(17)11-9-15)18-12-14-6-4-2-3-5-7-14/h8-11,13-14,18H,2-7,12H2,1H3/t13-/m0/s1. The third-order valence-corrected chi connectivity index (χ3v) is 4.06. The van der Waals surface area contributed by atoms with E-state index >= 15 is 0 Å². The maximum absolute atomic E-state index is 12.9. The summed E-state index contributed by atoms with van der Waals surface area (Å²) in [5, 5.41) is 3.59. The molecule has 1 N–H and O–H groups in total. The van der Waals surface area contributed by atoms with E-state index in [4.69, 9.17) is 0 Å². The summed E-state index contributed by atoms with van der Waals surface area (Å²) < 4.78 is 12.9. The van der Waals surface area contributed by atoms with E-state index in [1.807, 2.05) is 12.1 Å². The molecule has 0 radical (unpaired) electrons. The first-order chi connectivity index (χ1) is 8.75. The van der Waals surface area contributed by atoms with Crippen LogP contribution in [0.3, 0.4) is 0 Å². The molecule has 1 aromatic carbocycles. The Morgan fingerprint density at radius 2 is 1.72 bits per heavy atom. The zero-order chi connectivity index (χ0) is 12.8. The van der Waals surface area contributed by atoms with Gasteiger partial charge in [0.1, 0.15) is 5.82 Å². The van der Waals surface area contributed by atoms with Crippen LogP contribution in [-0.4, -0.2) is 6.54 Å². The Morgan fingerprint density at radius 1 is 1.11 bits per heavy atom. The number of rotatable bonds is 4. The number of hydrogen-bond acceptors (Lipinski definition) is 1. The molecule has 0 spiro atoms. The van der Waals surface area contributed by atoms with Gasteiger partial charge < -0.3 is 5.32 Å². The van der Waals surface area contributed by atoms with Crippen molar-refractivity contribution in [3.8, 4) is 0 Å². The Morgan fingerprint density at radius 3 is 2.33 bits per heavy atom. The van der Waals surface area contributed by atoms with Gasteiger partial charge in [-0.1, -0.05) is 37.8 Å². The highest BCUT2D eigenvalue weighted by molar-refractivity contribution is 5.19. The first-order valence-electron chi connectivity index (χ1n) is 7.24. The molecule has 1 aliphatic carbocycles. The predicted octanol–water partition coefficient (Wildman–Crippen LogP) is 4.45. The summed E-state index contributed by atoms with van der Waals surface area (Å²) >= 11 is 0. The second-order valence-corrected chi connectivity index (χ2v) is 5.54. The van der Waals surface area contributed by atoms with Crippen LogP contribution in [0, 0.1) is 11.7 Å². The van der Waals surface area contributed by atoms with Gasteiger partial charge in [-0.2, -0.15) is 0 Å². The topological polar surface area (TPSA) is 12.0 Å². The monoisotopic (exact) mass is 249 g/mol. The fourth-order valence-corrected chi connectivity index (χ4v) is 2.78. The fourth-order valence-electron chi connectivity index (χ4n) is 2.78. The molecule has 1 aliphatic rings. The normalized spacial score (nSPS) is 19.4. The summed E-state index contributed by atoms with van der Waals surface area (Å²) in [6.45, 7) is 3.25. The molecule has 0 saturated heterocycles. The average Bonchev–Trinajstić information content (AvgIpc) is 2.65. The lowest BCUT2D eigenvalue weighted by atomic mass is 9.99. The molecule has 18 heavy (non-hydrogen) atoms. The van der Waals surface area contributed by atoms with Crippen LogP contribution in [0.5, 0.6) is 0 Å². The Hall–Kier alpha value is -0.890. The van der Waals surface area contributed by atoms with Crippen LogP contribution in [0.2, 0.25) is 0 Å². The van der Waals surface area contributed by atoms with Crippen LogP contribution in [0.4, 0.5) is 4.39 Å². The highest BCUT2D eigenvalue weighted by Gasteiger charge is 2.13. The predicted molar refractivity (Wildman–Crippen MR) is 74.0 cm³/mol. The molecule has 2 heteroatoms. The van der Waals surface area contributed by atoms with Gasteiger partial charge in [-0.05, 0) is 49.9 Å². The zero-order valence-electron chi connectivity index (χ0n) is 11.3. The summed E-state index contributed by atoms with van der Waals surface area (Å²) in [6, 6.07) is 7.15. The quantitative estimate of drug-likeness (QED) is 0.777. The molecule has 0 bridgehead atoms. The molecular weight excluding hydrogens is 225 g/mol. The van der Waals surface area contributed by atoms with Crippen molar-refractivity contribution in [2.75, 3.05) is 6.54 Å². The van der Waals surface area contributed by atoms with Crippen LogP contribution in [0.1, 0.15) is 57.1 Å². The van der Waals surface area contributed by atoms with Gasteiger partial charge in [-0.25, -0.2) is 4.39 Å². The van der Waals surface area contributed by atoms with Gasteiger partial charge in [-0.3, -0.25) is 0 Å². The van der Waals surface area contributed by atoms with Gasteiger partial charge in [0.15, 0.2) is 0 Å². The summed E-state index contributed by atoms with van der Waals surface area (Å²) in [4.78, 5) is 0. The van der Waals surface area contributed by atoms with Crippen molar-refractivity contribution in [3.63, 3.8) is 0 Å². The van der Waals surface area contributed by atoms with E-state index in [0.717, 1.165) is 12.5 Å². The van der Waals surface area contributed by atoms with E-state index in [9.17, 15) is 4.39 Å². The van der Waals surface area contributed by atoms with Crippen molar-refractivity contribution in [2.45, 2.75) is 51.5 Å². The number of hydrogen-bond donors (Lipinski definition) is 1.